The van der Waals surface area contributed by atoms with Gasteiger partial charge in [0.05, 0.1) is 0 Å². The van der Waals surface area contributed by atoms with Gasteiger partial charge in [-0.25, -0.2) is 4.99 Å². The Morgan fingerprint density at radius 3 is 2.88 bits per heavy atom. The number of carbonyl (C=O) groups excluding carboxylic acids is 1. The number of amides is 1. The minimum absolute atomic E-state index is 0. The molecule has 0 unspecified atom stereocenters. The van der Waals surface area contributed by atoms with Gasteiger partial charge in [0.15, 0.2) is 11.8 Å². The number of nitrogens with one attached hydrogen (secondary N) is 2. The maximum absolute atomic E-state index is 12.0. The van der Waals surface area contributed by atoms with Gasteiger partial charge in [-0.3, -0.25) is 4.79 Å². The summed E-state index contributed by atoms with van der Waals surface area (Å²) in [6, 6.07) is 0. The minimum Gasteiger partial charge on any atom is -0.357 e. The van der Waals surface area contributed by atoms with Crippen LogP contribution in [0.2, 0.25) is 0 Å². The Morgan fingerprint density at radius 2 is 2.16 bits per heavy atom. The monoisotopic (exact) mass is 464 g/mol. The number of aliphatic imine (C=N–C) groups is 1. The predicted molar refractivity (Wildman–Crippen MR) is 107 cm³/mol. The lowest BCUT2D eigenvalue weighted by atomic mass is 10.2. The van der Waals surface area contributed by atoms with Gasteiger partial charge >= 0.3 is 0 Å². The molecule has 0 aliphatic carbocycles. The first-order chi connectivity index (χ1) is 11.7. The number of aryl methyl sites for hydroxylation is 1. The van der Waals surface area contributed by atoms with Gasteiger partial charge < -0.3 is 20.1 Å². The van der Waals surface area contributed by atoms with E-state index in [-0.39, 0.29) is 24.0 Å². The number of nitrogens with zero attached hydrogens (tertiary/aromatic N) is 4. The van der Waals surface area contributed by atoms with Crippen molar-refractivity contribution in [1.29, 1.82) is 0 Å². The number of halogens is 1. The van der Waals surface area contributed by atoms with Gasteiger partial charge in [-0.1, -0.05) is 11.6 Å². The summed E-state index contributed by atoms with van der Waals surface area (Å²) in [5.74, 6) is 2.13. The zero-order chi connectivity index (χ0) is 17.2. The molecule has 2 N–H and O–H groups in total. The van der Waals surface area contributed by atoms with E-state index < -0.39 is 0 Å². The van der Waals surface area contributed by atoms with Crippen molar-refractivity contribution in [1.82, 2.24) is 25.7 Å². The molecular formula is C16H29IN6O2. The zero-order valence-corrected chi connectivity index (χ0v) is 17.4. The highest BCUT2D eigenvalue weighted by molar-refractivity contribution is 14.0. The molecule has 0 aromatic carbocycles. The van der Waals surface area contributed by atoms with E-state index in [4.69, 9.17) is 4.52 Å². The standard InChI is InChI=1S/C16H28N6O2.HI/c1-3-17-16(19-12-14-20-13(2)24-21-14)18-9-7-11-22-10-6-4-5-8-15(22)23;/h3-12H2,1-2H3,(H2,17,18,19);1H. The molecule has 1 aromatic heterocycles. The Labute approximate surface area is 166 Å². The largest absolute Gasteiger partial charge is 0.357 e. The maximum atomic E-state index is 12.0. The lowest BCUT2D eigenvalue weighted by molar-refractivity contribution is -0.130. The number of hydrogen-bond donors (Lipinski definition) is 2. The van der Waals surface area contributed by atoms with E-state index >= 15 is 0 Å². The van der Waals surface area contributed by atoms with Crippen LogP contribution in [0.4, 0.5) is 0 Å². The smallest absolute Gasteiger partial charge is 0.223 e. The Bertz CT molecular complexity index is 548. The summed E-state index contributed by atoms with van der Waals surface area (Å²) >= 11 is 0. The van der Waals surface area contributed by atoms with Crippen LogP contribution >= 0.6 is 24.0 Å². The Balaban J connectivity index is 0.00000312. The third-order valence-corrected chi connectivity index (χ3v) is 3.86. The molecule has 0 spiro atoms. The quantitative estimate of drug-likeness (QED) is 0.277. The SMILES string of the molecule is CCNC(=NCc1noc(C)n1)NCCCN1CCCCCC1=O.I. The lowest BCUT2D eigenvalue weighted by Gasteiger charge is -2.20. The summed E-state index contributed by atoms with van der Waals surface area (Å²) in [4.78, 5) is 22.5. The summed E-state index contributed by atoms with van der Waals surface area (Å²) in [5, 5.41) is 10.3. The van der Waals surface area contributed by atoms with Crippen molar-refractivity contribution in [2.75, 3.05) is 26.2 Å². The van der Waals surface area contributed by atoms with E-state index in [2.05, 4.69) is 25.8 Å². The van der Waals surface area contributed by atoms with Crippen LogP contribution in [0.1, 0.15) is 50.7 Å². The molecule has 1 amide bonds. The summed E-state index contributed by atoms with van der Waals surface area (Å²) in [5.41, 5.74) is 0. The molecule has 2 rings (SSSR count). The van der Waals surface area contributed by atoms with Crippen LogP contribution in [-0.2, 0) is 11.3 Å². The van der Waals surface area contributed by atoms with Crippen molar-refractivity contribution < 1.29 is 9.32 Å². The molecule has 25 heavy (non-hydrogen) atoms. The first-order valence-corrected chi connectivity index (χ1v) is 8.78. The molecular weight excluding hydrogens is 435 g/mol. The number of hydrogen-bond acceptors (Lipinski definition) is 5. The molecule has 0 atom stereocenters. The van der Waals surface area contributed by atoms with Gasteiger partial charge in [-0.05, 0) is 26.2 Å². The van der Waals surface area contributed by atoms with E-state index in [0.29, 0.717) is 30.6 Å². The van der Waals surface area contributed by atoms with Crippen LogP contribution in [0.3, 0.4) is 0 Å². The van der Waals surface area contributed by atoms with E-state index in [1.54, 1.807) is 6.92 Å². The van der Waals surface area contributed by atoms with E-state index in [1.807, 2.05) is 11.8 Å². The second kappa shape index (κ2) is 12.0. The molecule has 0 bridgehead atoms. The summed E-state index contributed by atoms with van der Waals surface area (Å²) in [6.45, 7) is 7.39. The average molecular weight is 464 g/mol. The number of rotatable bonds is 7. The van der Waals surface area contributed by atoms with Gasteiger partial charge in [-0.15, -0.1) is 24.0 Å². The third kappa shape index (κ3) is 8.02. The van der Waals surface area contributed by atoms with Crippen LogP contribution in [0.5, 0.6) is 0 Å². The summed E-state index contributed by atoms with van der Waals surface area (Å²) in [6.07, 6.45) is 4.90. The molecule has 1 aromatic rings. The Kier molecular flexibility index (Phi) is 10.4. The van der Waals surface area contributed by atoms with Crippen LogP contribution in [0.15, 0.2) is 9.52 Å². The van der Waals surface area contributed by atoms with Crippen LogP contribution < -0.4 is 10.6 Å². The second-order valence-electron chi connectivity index (χ2n) is 5.90. The molecule has 1 aliphatic rings. The average Bonchev–Trinajstić information content (AvgIpc) is 2.87. The Hall–Kier alpha value is -1.39. The lowest BCUT2D eigenvalue weighted by Crippen LogP contribution is -2.39. The summed E-state index contributed by atoms with van der Waals surface area (Å²) < 4.78 is 4.93. The van der Waals surface area contributed by atoms with Crippen molar-refractivity contribution in [2.24, 2.45) is 4.99 Å². The fourth-order valence-corrected chi connectivity index (χ4v) is 2.65. The zero-order valence-electron chi connectivity index (χ0n) is 15.1. The van der Waals surface area contributed by atoms with Crippen LogP contribution in [0, 0.1) is 6.92 Å². The van der Waals surface area contributed by atoms with Crippen molar-refractivity contribution >= 4 is 35.8 Å². The third-order valence-electron chi connectivity index (χ3n) is 3.86. The van der Waals surface area contributed by atoms with Crippen LogP contribution in [0.25, 0.3) is 0 Å². The highest BCUT2D eigenvalue weighted by atomic mass is 127. The molecule has 0 saturated carbocycles. The van der Waals surface area contributed by atoms with Crippen molar-refractivity contribution in [3.63, 3.8) is 0 Å². The van der Waals surface area contributed by atoms with Crippen LogP contribution in [-0.4, -0.2) is 53.1 Å². The highest BCUT2D eigenvalue weighted by Crippen LogP contribution is 2.11. The predicted octanol–water partition coefficient (Wildman–Crippen LogP) is 1.84. The highest BCUT2D eigenvalue weighted by Gasteiger charge is 2.15. The molecule has 1 fully saturated rings. The molecule has 1 aliphatic heterocycles. The van der Waals surface area contributed by atoms with Gasteiger partial charge in [0.1, 0.15) is 6.54 Å². The maximum Gasteiger partial charge on any atom is 0.223 e. The van der Waals surface area contributed by atoms with Crippen molar-refractivity contribution in [3.8, 4) is 0 Å². The van der Waals surface area contributed by atoms with Gasteiger partial charge in [0.25, 0.3) is 0 Å². The van der Waals surface area contributed by atoms with Gasteiger partial charge in [0.2, 0.25) is 11.8 Å². The molecule has 0 radical (unpaired) electrons. The van der Waals surface area contributed by atoms with E-state index in [0.717, 1.165) is 57.8 Å². The normalized spacial score (nSPS) is 15.5. The number of aromatic nitrogens is 2. The first kappa shape index (κ1) is 21.7. The fraction of sp³-hybridized carbons (Fsp3) is 0.750. The minimum atomic E-state index is 0. The molecule has 8 nitrogen and oxygen atoms in total. The second-order valence-corrected chi connectivity index (χ2v) is 5.90. The fourth-order valence-electron chi connectivity index (χ4n) is 2.65. The van der Waals surface area contributed by atoms with E-state index in [1.165, 1.54) is 0 Å². The molecule has 9 heteroatoms. The van der Waals surface area contributed by atoms with E-state index in [9.17, 15) is 4.79 Å². The summed E-state index contributed by atoms with van der Waals surface area (Å²) in [7, 11) is 0. The number of carbonyl (C=O) groups is 1. The van der Waals surface area contributed by atoms with Crippen molar-refractivity contribution in [2.45, 2.75) is 52.5 Å². The number of likely N-dealkylation sites (tertiary alicyclic amines) is 1. The van der Waals surface area contributed by atoms with Gasteiger partial charge in [0, 0.05) is 39.5 Å². The topological polar surface area (TPSA) is 95.7 Å². The van der Waals surface area contributed by atoms with Gasteiger partial charge in [-0.2, -0.15) is 4.98 Å². The molecule has 142 valence electrons. The number of guanidine groups is 1. The van der Waals surface area contributed by atoms with Crippen molar-refractivity contribution in [3.05, 3.63) is 11.7 Å². The Morgan fingerprint density at radius 1 is 1.32 bits per heavy atom. The first-order valence-electron chi connectivity index (χ1n) is 8.78. The molecule has 2 heterocycles. The molecule has 1 saturated heterocycles.